The quantitative estimate of drug-likeness (QED) is 0.685. The van der Waals surface area contributed by atoms with Crippen LogP contribution in [-0.4, -0.2) is 62.4 Å². The molecule has 0 aromatic carbocycles. The lowest BCUT2D eigenvalue weighted by Crippen LogP contribution is -2.34. The topological polar surface area (TPSA) is 105 Å². The number of amides is 2. The fourth-order valence-corrected chi connectivity index (χ4v) is 3.26. The molecule has 4 heterocycles. The summed E-state index contributed by atoms with van der Waals surface area (Å²) in [5.41, 5.74) is 0. The molecular weight excluding hydrogens is 326 g/mol. The maximum Gasteiger partial charge on any atom is 0.416 e. The molecule has 0 saturated carbocycles. The molecule has 3 aliphatic heterocycles. The third-order valence-electron chi connectivity index (χ3n) is 4.58. The molecule has 1 aromatic heterocycles. The highest BCUT2D eigenvalue weighted by Crippen LogP contribution is 2.29. The number of carbonyl (C=O) groups excluding carboxylic acids is 2. The van der Waals surface area contributed by atoms with E-state index in [0.717, 1.165) is 19.6 Å². The van der Waals surface area contributed by atoms with Gasteiger partial charge in [0.25, 0.3) is 5.91 Å². The Labute approximate surface area is 145 Å². The Kier molecular flexibility index (Phi) is 4.41. The van der Waals surface area contributed by atoms with Crippen LogP contribution < -0.4 is 25.6 Å². The first kappa shape index (κ1) is 16.1. The standard InChI is InChI=1S/C16H21N5O4/c22-14-9-24-12-1-2-13(19-15(12)20-14)21-8-11(25-16(21)23)7-18-6-10-3-4-17-5-10/h1-2,10-11,17-18H,3-9H2,(H,19,20,22). The van der Waals surface area contributed by atoms with Crippen molar-refractivity contribution in [1.82, 2.24) is 15.6 Å². The monoisotopic (exact) mass is 347 g/mol. The molecular formula is C16H21N5O4. The van der Waals surface area contributed by atoms with Gasteiger partial charge in [-0.25, -0.2) is 9.78 Å². The molecule has 3 N–H and O–H groups in total. The van der Waals surface area contributed by atoms with Crippen molar-refractivity contribution in [1.29, 1.82) is 0 Å². The fourth-order valence-electron chi connectivity index (χ4n) is 3.26. The number of hydrogen-bond acceptors (Lipinski definition) is 7. The third kappa shape index (κ3) is 3.52. The van der Waals surface area contributed by atoms with Gasteiger partial charge in [0.05, 0.1) is 6.54 Å². The van der Waals surface area contributed by atoms with E-state index in [1.165, 1.54) is 11.3 Å². The molecule has 9 nitrogen and oxygen atoms in total. The van der Waals surface area contributed by atoms with Gasteiger partial charge in [-0.15, -0.1) is 0 Å². The highest BCUT2D eigenvalue weighted by molar-refractivity contribution is 5.95. The Morgan fingerprint density at radius 3 is 3.08 bits per heavy atom. The van der Waals surface area contributed by atoms with Crippen molar-refractivity contribution in [3.05, 3.63) is 12.1 Å². The van der Waals surface area contributed by atoms with E-state index >= 15 is 0 Å². The normalized spacial score (nSPS) is 25.4. The Morgan fingerprint density at radius 2 is 2.24 bits per heavy atom. The van der Waals surface area contributed by atoms with E-state index < -0.39 is 6.09 Å². The zero-order valence-corrected chi connectivity index (χ0v) is 13.8. The van der Waals surface area contributed by atoms with Gasteiger partial charge >= 0.3 is 6.09 Å². The Balaban J connectivity index is 1.35. The Morgan fingerprint density at radius 1 is 1.32 bits per heavy atom. The number of rotatable bonds is 5. The van der Waals surface area contributed by atoms with Gasteiger partial charge in [-0.1, -0.05) is 0 Å². The Hall–Kier alpha value is -2.39. The van der Waals surface area contributed by atoms with Gasteiger partial charge in [-0.05, 0) is 44.1 Å². The van der Waals surface area contributed by atoms with E-state index in [4.69, 9.17) is 9.47 Å². The number of fused-ring (bicyclic) bond motifs is 1. The summed E-state index contributed by atoms with van der Waals surface area (Å²) >= 11 is 0. The van der Waals surface area contributed by atoms with Crippen LogP contribution >= 0.6 is 0 Å². The molecule has 9 heteroatoms. The summed E-state index contributed by atoms with van der Waals surface area (Å²) in [5.74, 6) is 1.65. The molecule has 4 rings (SSSR count). The van der Waals surface area contributed by atoms with E-state index in [-0.39, 0.29) is 18.6 Å². The molecule has 2 saturated heterocycles. The van der Waals surface area contributed by atoms with E-state index in [1.54, 1.807) is 12.1 Å². The van der Waals surface area contributed by atoms with Crippen molar-refractivity contribution in [2.45, 2.75) is 12.5 Å². The summed E-state index contributed by atoms with van der Waals surface area (Å²) in [6.07, 6.45) is 0.534. The molecule has 2 amide bonds. The molecule has 134 valence electrons. The highest BCUT2D eigenvalue weighted by atomic mass is 16.6. The number of nitrogens with zero attached hydrogens (tertiary/aromatic N) is 2. The van der Waals surface area contributed by atoms with Crippen LogP contribution in [0.4, 0.5) is 16.4 Å². The Bertz CT molecular complexity index is 676. The summed E-state index contributed by atoms with van der Waals surface area (Å²) in [6, 6.07) is 3.39. The van der Waals surface area contributed by atoms with Gasteiger partial charge in [-0.3, -0.25) is 9.69 Å². The largest absolute Gasteiger partial charge is 0.480 e. The fraction of sp³-hybridized carbons (Fsp3) is 0.562. The van der Waals surface area contributed by atoms with Crippen molar-refractivity contribution in [3.8, 4) is 5.75 Å². The SMILES string of the molecule is O=C1COc2ccc(N3CC(CNCC4CCNC4)OC3=O)nc2N1. The number of pyridine rings is 1. The second-order valence-corrected chi connectivity index (χ2v) is 6.49. The van der Waals surface area contributed by atoms with Gasteiger partial charge in [0, 0.05) is 6.54 Å². The van der Waals surface area contributed by atoms with Crippen LogP contribution in [0, 0.1) is 5.92 Å². The lowest BCUT2D eigenvalue weighted by molar-refractivity contribution is -0.118. The molecule has 0 spiro atoms. The minimum atomic E-state index is -0.426. The van der Waals surface area contributed by atoms with E-state index in [2.05, 4.69) is 20.9 Å². The third-order valence-corrected chi connectivity index (χ3v) is 4.58. The van der Waals surface area contributed by atoms with Crippen molar-refractivity contribution in [3.63, 3.8) is 0 Å². The molecule has 0 aliphatic carbocycles. The number of cyclic esters (lactones) is 1. The lowest BCUT2D eigenvalue weighted by atomic mass is 10.1. The van der Waals surface area contributed by atoms with Crippen LogP contribution in [0.15, 0.2) is 12.1 Å². The van der Waals surface area contributed by atoms with Crippen LogP contribution in [0.2, 0.25) is 0 Å². The van der Waals surface area contributed by atoms with Crippen molar-refractivity contribution < 1.29 is 19.1 Å². The maximum absolute atomic E-state index is 12.1. The first-order chi connectivity index (χ1) is 12.2. The first-order valence-electron chi connectivity index (χ1n) is 8.52. The number of carbonyl (C=O) groups is 2. The summed E-state index contributed by atoms with van der Waals surface area (Å²) in [5, 5.41) is 9.35. The molecule has 0 bridgehead atoms. The minimum absolute atomic E-state index is 0.0238. The molecule has 1 aromatic rings. The predicted molar refractivity (Wildman–Crippen MR) is 89.8 cm³/mol. The molecule has 25 heavy (non-hydrogen) atoms. The summed E-state index contributed by atoms with van der Waals surface area (Å²) in [7, 11) is 0. The molecule has 2 fully saturated rings. The molecule has 3 aliphatic rings. The smallest absolute Gasteiger partial charge is 0.416 e. The van der Waals surface area contributed by atoms with Gasteiger partial charge < -0.3 is 25.4 Å². The van der Waals surface area contributed by atoms with Crippen LogP contribution in [-0.2, 0) is 9.53 Å². The second-order valence-electron chi connectivity index (χ2n) is 6.49. The zero-order valence-electron chi connectivity index (χ0n) is 13.8. The van der Waals surface area contributed by atoms with Crippen LogP contribution in [0.5, 0.6) is 5.75 Å². The number of nitrogens with one attached hydrogen (secondary N) is 3. The van der Waals surface area contributed by atoms with E-state index in [9.17, 15) is 9.59 Å². The number of anilines is 2. The zero-order chi connectivity index (χ0) is 17.2. The number of ether oxygens (including phenoxy) is 2. The van der Waals surface area contributed by atoms with Crippen molar-refractivity contribution >= 4 is 23.6 Å². The second kappa shape index (κ2) is 6.85. The lowest BCUT2D eigenvalue weighted by Gasteiger charge is -2.19. The summed E-state index contributed by atoms with van der Waals surface area (Å²) < 4.78 is 10.7. The molecule has 2 atom stereocenters. The minimum Gasteiger partial charge on any atom is -0.480 e. The van der Waals surface area contributed by atoms with Gasteiger partial charge in [0.1, 0.15) is 11.9 Å². The molecule has 0 radical (unpaired) electrons. The van der Waals surface area contributed by atoms with Gasteiger partial charge in [0.2, 0.25) is 0 Å². The first-order valence-corrected chi connectivity index (χ1v) is 8.52. The maximum atomic E-state index is 12.1. The average molecular weight is 347 g/mol. The van der Waals surface area contributed by atoms with Crippen molar-refractivity contribution in [2.75, 3.05) is 49.5 Å². The predicted octanol–water partition coefficient (Wildman–Crippen LogP) is -0.0632. The van der Waals surface area contributed by atoms with Crippen LogP contribution in [0.1, 0.15) is 6.42 Å². The highest BCUT2D eigenvalue weighted by Gasteiger charge is 2.34. The number of hydrogen-bond donors (Lipinski definition) is 3. The van der Waals surface area contributed by atoms with Crippen LogP contribution in [0.25, 0.3) is 0 Å². The number of aromatic nitrogens is 1. The molecule has 2 unspecified atom stereocenters. The summed E-state index contributed by atoms with van der Waals surface area (Å²) in [4.78, 5) is 29.3. The van der Waals surface area contributed by atoms with E-state index in [1.807, 2.05) is 0 Å². The van der Waals surface area contributed by atoms with Crippen molar-refractivity contribution in [2.24, 2.45) is 5.92 Å². The van der Waals surface area contributed by atoms with E-state index in [0.29, 0.717) is 36.4 Å². The van der Waals surface area contributed by atoms with Gasteiger partial charge in [0.15, 0.2) is 18.2 Å². The van der Waals surface area contributed by atoms with Crippen LogP contribution in [0.3, 0.4) is 0 Å². The summed E-state index contributed by atoms with van der Waals surface area (Å²) in [6.45, 7) is 4.05. The van der Waals surface area contributed by atoms with Gasteiger partial charge in [-0.2, -0.15) is 0 Å². The average Bonchev–Trinajstić information content (AvgIpc) is 3.24.